The molecule has 0 spiro atoms. The Hall–Kier alpha value is -0.610. The molecule has 0 saturated carbocycles. The molecule has 1 amide bonds. The maximum Gasteiger partial charge on any atom is 0.237 e. The molecule has 1 N–H and O–H groups in total. The molecule has 1 rings (SSSR count). The number of rotatable bonds is 7. The SMILES string of the molecule is CCCN(CC(=O)N(C(C)C)C(C)C)C1CCNCC1. The first-order valence-electron chi connectivity index (χ1n) is 8.23. The Morgan fingerprint density at radius 1 is 1.15 bits per heavy atom. The molecule has 0 aliphatic carbocycles. The van der Waals surface area contributed by atoms with Crippen LogP contribution in [0.2, 0.25) is 0 Å². The minimum absolute atomic E-state index is 0.277. The second kappa shape index (κ2) is 8.63. The average Bonchev–Trinajstić information content (AvgIpc) is 2.38. The summed E-state index contributed by atoms with van der Waals surface area (Å²) in [6.45, 7) is 14.4. The first kappa shape index (κ1) is 17.4. The minimum Gasteiger partial charge on any atom is -0.337 e. The summed E-state index contributed by atoms with van der Waals surface area (Å²) < 4.78 is 0. The van der Waals surface area contributed by atoms with E-state index in [1.807, 2.05) is 4.90 Å². The van der Waals surface area contributed by atoms with Gasteiger partial charge in [0, 0.05) is 18.1 Å². The molecule has 1 aliphatic heterocycles. The van der Waals surface area contributed by atoms with Crippen LogP contribution in [0.25, 0.3) is 0 Å². The van der Waals surface area contributed by atoms with Crippen molar-refractivity contribution < 1.29 is 4.79 Å². The maximum atomic E-state index is 12.6. The fourth-order valence-corrected chi connectivity index (χ4v) is 3.28. The lowest BCUT2D eigenvalue weighted by Gasteiger charge is -2.37. The highest BCUT2D eigenvalue weighted by Crippen LogP contribution is 2.14. The highest BCUT2D eigenvalue weighted by molar-refractivity contribution is 5.78. The van der Waals surface area contributed by atoms with Crippen LogP contribution in [0.1, 0.15) is 53.9 Å². The summed E-state index contributed by atoms with van der Waals surface area (Å²) in [4.78, 5) is 17.0. The van der Waals surface area contributed by atoms with Crippen molar-refractivity contribution in [3.63, 3.8) is 0 Å². The summed E-state index contributed by atoms with van der Waals surface area (Å²) in [5.74, 6) is 0.280. The molecule has 1 fully saturated rings. The molecule has 0 aromatic heterocycles. The summed E-state index contributed by atoms with van der Waals surface area (Å²) in [7, 11) is 0. The Labute approximate surface area is 124 Å². The molecule has 20 heavy (non-hydrogen) atoms. The zero-order valence-electron chi connectivity index (χ0n) is 14.0. The van der Waals surface area contributed by atoms with Crippen molar-refractivity contribution in [2.24, 2.45) is 0 Å². The van der Waals surface area contributed by atoms with Crippen molar-refractivity contribution >= 4 is 5.91 Å². The van der Waals surface area contributed by atoms with E-state index < -0.39 is 0 Å². The summed E-state index contributed by atoms with van der Waals surface area (Å²) in [6, 6.07) is 1.12. The molecule has 0 bridgehead atoms. The van der Waals surface area contributed by atoms with Gasteiger partial charge in [0.1, 0.15) is 0 Å². The molecule has 4 nitrogen and oxygen atoms in total. The first-order valence-corrected chi connectivity index (χ1v) is 8.23. The van der Waals surface area contributed by atoms with Crippen LogP contribution >= 0.6 is 0 Å². The number of hydrogen-bond donors (Lipinski definition) is 1. The van der Waals surface area contributed by atoms with E-state index >= 15 is 0 Å². The zero-order valence-corrected chi connectivity index (χ0v) is 14.0. The van der Waals surface area contributed by atoms with E-state index in [-0.39, 0.29) is 18.0 Å². The summed E-state index contributed by atoms with van der Waals surface area (Å²) in [5.41, 5.74) is 0. The molecule has 1 saturated heterocycles. The molecular formula is C16H33N3O. The zero-order chi connectivity index (χ0) is 15.1. The van der Waals surface area contributed by atoms with Crippen LogP contribution in [-0.2, 0) is 4.79 Å². The van der Waals surface area contributed by atoms with Gasteiger partial charge in [0.25, 0.3) is 0 Å². The smallest absolute Gasteiger partial charge is 0.237 e. The van der Waals surface area contributed by atoms with E-state index in [9.17, 15) is 4.79 Å². The van der Waals surface area contributed by atoms with Crippen LogP contribution in [0.5, 0.6) is 0 Å². The number of hydrogen-bond acceptors (Lipinski definition) is 3. The fourth-order valence-electron chi connectivity index (χ4n) is 3.28. The Morgan fingerprint density at radius 3 is 2.15 bits per heavy atom. The highest BCUT2D eigenvalue weighted by atomic mass is 16.2. The summed E-state index contributed by atoms with van der Waals surface area (Å²) >= 11 is 0. The van der Waals surface area contributed by atoms with Crippen molar-refractivity contribution in [1.82, 2.24) is 15.1 Å². The fraction of sp³-hybridized carbons (Fsp3) is 0.938. The molecule has 0 unspecified atom stereocenters. The average molecular weight is 283 g/mol. The molecular weight excluding hydrogens is 250 g/mol. The monoisotopic (exact) mass is 283 g/mol. The quantitative estimate of drug-likeness (QED) is 0.777. The number of nitrogens with zero attached hydrogens (tertiary/aromatic N) is 2. The molecule has 0 radical (unpaired) electrons. The van der Waals surface area contributed by atoms with E-state index in [0.717, 1.165) is 38.9 Å². The lowest BCUT2D eigenvalue weighted by Crippen LogP contribution is -2.51. The first-order chi connectivity index (χ1) is 9.47. The van der Waals surface area contributed by atoms with Gasteiger partial charge in [0.15, 0.2) is 0 Å². The molecule has 1 heterocycles. The molecule has 0 aromatic rings. The van der Waals surface area contributed by atoms with E-state index in [2.05, 4.69) is 44.8 Å². The maximum absolute atomic E-state index is 12.6. The highest BCUT2D eigenvalue weighted by Gasteiger charge is 2.26. The third-order valence-corrected chi connectivity index (χ3v) is 4.07. The number of carbonyl (C=O) groups is 1. The van der Waals surface area contributed by atoms with Crippen LogP contribution in [0, 0.1) is 0 Å². The second-order valence-electron chi connectivity index (χ2n) is 6.44. The van der Waals surface area contributed by atoms with Crippen molar-refractivity contribution in [1.29, 1.82) is 0 Å². The van der Waals surface area contributed by atoms with Gasteiger partial charge in [-0.2, -0.15) is 0 Å². The third kappa shape index (κ3) is 5.06. The largest absolute Gasteiger partial charge is 0.337 e. The van der Waals surface area contributed by atoms with Crippen LogP contribution < -0.4 is 5.32 Å². The van der Waals surface area contributed by atoms with Gasteiger partial charge in [-0.3, -0.25) is 9.69 Å². The number of carbonyl (C=O) groups excluding carboxylic acids is 1. The van der Waals surface area contributed by atoms with Gasteiger partial charge >= 0.3 is 0 Å². The summed E-state index contributed by atoms with van der Waals surface area (Å²) in [6.07, 6.45) is 3.44. The van der Waals surface area contributed by atoms with Crippen LogP contribution in [0.4, 0.5) is 0 Å². The van der Waals surface area contributed by atoms with Gasteiger partial charge in [-0.25, -0.2) is 0 Å². The van der Waals surface area contributed by atoms with Crippen molar-refractivity contribution in [3.05, 3.63) is 0 Å². The lowest BCUT2D eigenvalue weighted by atomic mass is 10.0. The standard InChI is InChI=1S/C16H33N3O/c1-6-11-18(15-7-9-17-10-8-15)12-16(20)19(13(2)3)14(4)5/h13-15,17H,6-12H2,1-5H3. The van der Waals surface area contributed by atoms with E-state index in [1.54, 1.807) is 0 Å². The topological polar surface area (TPSA) is 35.6 Å². The molecule has 4 heteroatoms. The van der Waals surface area contributed by atoms with Crippen LogP contribution in [0.15, 0.2) is 0 Å². The van der Waals surface area contributed by atoms with Crippen molar-refractivity contribution in [2.75, 3.05) is 26.2 Å². The van der Waals surface area contributed by atoms with E-state index in [4.69, 9.17) is 0 Å². The van der Waals surface area contributed by atoms with E-state index in [0.29, 0.717) is 12.6 Å². The lowest BCUT2D eigenvalue weighted by molar-refractivity contribution is -0.136. The van der Waals surface area contributed by atoms with Crippen molar-refractivity contribution in [3.8, 4) is 0 Å². The van der Waals surface area contributed by atoms with Gasteiger partial charge < -0.3 is 10.2 Å². The molecule has 1 aliphatic rings. The molecule has 0 atom stereocenters. The minimum atomic E-state index is 0.277. The predicted octanol–water partition coefficient (Wildman–Crippen LogP) is 2.10. The van der Waals surface area contributed by atoms with Gasteiger partial charge in [-0.1, -0.05) is 6.92 Å². The Morgan fingerprint density at radius 2 is 1.70 bits per heavy atom. The number of amides is 1. The van der Waals surface area contributed by atoms with Gasteiger partial charge in [0.2, 0.25) is 5.91 Å². The Bertz CT molecular complexity index is 277. The predicted molar refractivity (Wildman–Crippen MR) is 84.9 cm³/mol. The molecule has 118 valence electrons. The van der Waals surface area contributed by atoms with Gasteiger partial charge in [0.05, 0.1) is 6.54 Å². The van der Waals surface area contributed by atoms with E-state index in [1.165, 1.54) is 0 Å². The summed E-state index contributed by atoms with van der Waals surface area (Å²) in [5, 5.41) is 3.40. The van der Waals surface area contributed by atoms with Crippen LogP contribution in [0.3, 0.4) is 0 Å². The molecule has 0 aromatic carbocycles. The van der Waals surface area contributed by atoms with Crippen LogP contribution in [-0.4, -0.2) is 60.0 Å². The number of nitrogens with one attached hydrogen (secondary N) is 1. The van der Waals surface area contributed by atoms with Crippen molar-refractivity contribution in [2.45, 2.75) is 72.0 Å². The van der Waals surface area contributed by atoms with Gasteiger partial charge in [-0.05, 0) is 66.6 Å². The number of piperidine rings is 1. The Kier molecular flexibility index (Phi) is 7.52. The van der Waals surface area contributed by atoms with Gasteiger partial charge in [-0.15, -0.1) is 0 Å². The normalized spacial score (nSPS) is 17.2. The second-order valence-corrected chi connectivity index (χ2v) is 6.44. The third-order valence-electron chi connectivity index (χ3n) is 4.07. The Balaban J connectivity index is 2.65.